The summed E-state index contributed by atoms with van der Waals surface area (Å²) < 4.78 is 13.4. The molecule has 0 saturated heterocycles. The number of unbranched alkanes of at least 4 members (excludes halogenated alkanes) is 22. The quantitative estimate of drug-likeness (QED) is 0.108. The lowest BCUT2D eigenvalue weighted by Gasteiger charge is -2.25. The molecule has 0 N–H and O–H groups in total. The van der Waals surface area contributed by atoms with Crippen molar-refractivity contribution in [3.8, 4) is 0 Å². The van der Waals surface area contributed by atoms with E-state index in [1.165, 1.54) is 160 Å². The summed E-state index contributed by atoms with van der Waals surface area (Å²) >= 11 is 0. The van der Waals surface area contributed by atoms with Crippen LogP contribution < -0.4 is 4.90 Å². The van der Waals surface area contributed by atoms with Gasteiger partial charge < -0.3 is 4.90 Å². The first-order valence-electron chi connectivity index (χ1n) is 16.3. The number of hydrogen-bond donors (Lipinski definition) is 0. The first kappa shape index (κ1) is 33.0. The zero-order chi connectivity index (χ0) is 25.9. The molecule has 0 aliphatic carbocycles. The molecule has 0 aliphatic rings. The Morgan fingerprint density at radius 2 is 0.694 bits per heavy atom. The van der Waals surface area contributed by atoms with Crippen LogP contribution in [0.3, 0.4) is 0 Å². The predicted molar refractivity (Wildman–Crippen MR) is 161 cm³/mol. The average molecular weight is 504 g/mol. The van der Waals surface area contributed by atoms with Crippen LogP contribution in [0.5, 0.6) is 0 Å². The number of rotatable bonds is 27. The molecule has 0 saturated carbocycles. The molecular formula is C34H62FN. The molecule has 0 atom stereocenters. The molecule has 0 radical (unpaired) electrons. The first-order valence-corrected chi connectivity index (χ1v) is 16.3. The second-order valence-corrected chi connectivity index (χ2v) is 11.2. The van der Waals surface area contributed by atoms with Gasteiger partial charge in [0.05, 0.1) is 0 Å². The van der Waals surface area contributed by atoms with E-state index in [0.29, 0.717) is 0 Å². The third-order valence-corrected chi connectivity index (χ3v) is 7.75. The Morgan fingerprint density at radius 3 is 1.00 bits per heavy atom. The zero-order valence-electron chi connectivity index (χ0n) is 24.5. The summed E-state index contributed by atoms with van der Waals surface area (Å²) in [4.78, 5) is 2.51. The molecule has 1 rings (SSSR count). The smallest absolute Gasteiger partial charge is 0.123 e. The normalized spacial score (nSPS) is 11.3. The summed E-state index contributed by atoms with van der Waals surface area (Å²) in [5, 5.41) is 0. The van der Waals surface area contributed by atoms with E-state index < -0.39 is 0 Å². The molecule has 36 heavy (non-hydrogen) atoms. The fourth-order valence-electron chi connectivity index (χ4n) is 5.31. The van der Waals surface area contributed by atoms with Crippen molar-refractivity contribution in [2.75, 3.05) is 18.0 Å². The first-order chi connectivity index (χ1) is 17.8. The van der Waals surface area contributed by atoms with E-state index in [1.807, 2.05) is 12.1 Å². The van der Waals surface area contributed by atoms with Crippen molar-refractivity contribution < 1.29 is 4.39 Å². The van der Waals surface area contributed by atoms with Crippen LogP contribution in [0.25, 0.3) is 0 Å². The Morgan fingerprint density at radius 1 is 0.417 bits per heavy atom. The molecular weight excluding hydrogens is 441 g/mol. The molecule has 0 spiro atoms. The van der Waals surface area contributed by atoms with Gasteiger partial charge in [-0.15, -0.1) is 0 Å². The van der Waals surface area contributed by atoms with Gasteiger partial charge in [0.25, 0.3) is 0 Å². The lowest BCUT2D eigenvalue weighted by molar-refractivity contribution is 0.534. The maximum absolute atomic E-state index is 13.4. The van der Waals surface area contributed by atoms with Crippen molar-refractivity contribution in [2.24, 2.45) is 0 Å². The third-order valence-electron chi connectivity index (χ3n) is 7.75. The van der Waals surface area contributed by atoms with Crippen LogP contribution in [0.1, 0.15) is 168 Å². The Hall–Kier alpha value is -1.05. The largest absolute Gasteiger partial charge is 0.372 e. The van der Waals surface area contributed by atoms with Crippen LogP contribution in [-0.2, 0) is 0 Å². The highest BCUT2D eigenvalue weighted by atomic mass is 19.1. The fraction of sp³-hybridized carbons (Fsp3) is 0.824. The van der Waals surface area contributed by atoms with E-state index in [0.717, 1.165) is 13.1 Å². The van der Waals surface area contributed by atoms with Crippen molar-refractivity contribution >= 4 is 5.69 Å². The molecule has 210 valence electrons. The number of nitrogens with zero attached hydrogens (tertiary/aromatic N) is 1. The lowest BCUT2D eigenvalue weighted by Crippen LogP contribution is -2.25. The summed E-state index contributed by atoms with van der Waals surface area (Å²) in [6.45, 7) is 6.80. The van der Waals surface area contributed by atoms with Crippen LogP contribution in [0.4, 0.5) is 10.1 Å². The topological polar surface area (TPSA) is 3.24 Å². The zero-order valence-corrected chi connectivity index (χ0v) is 24.5. The van der Waals surface area contributed by atoms with Gasteiger partial charge in [-0.05, 0) is 37.1 Å². The van der Waals surface area contributed by atoms with Crippen LogP contribution in [0.2, 0.25) is 0 Å². The van der Waals surface area contributed by atoms with Gasteiger partial charge in [-0.1, -0.05) is 155 Å². The molecule has 1 nitrogen and oxygen atoms in total. The monoisotopic (exact) mass is 503 g/mol. The molecule has 0 bridgehead atoms. The van der Waals surface area contributed by atoms with Crippen molar-refractivity contribution in [1.29, 1.82) is 0 Å². The van der Waals surface area contributed by atoms with Crippen LogP contribution >= 0.6 is 0 Å². The number of halogens is 1. The fourth-order valence-corrected chi connectivity index (χ4v) is 5.31. The van der Waals surface area contributed by atoms with Gasteiger partial charge in [0, 0.05) is 18.8 Å². The molecule has 1 aromatic rings. The van der Waals surface area contributed by atoms with Crippen LogP contribution in [0.15, 0.2) is 24.3 Å². The van der Waals surface area contributed by atoms with Crippen LogP contribution in [0, 0.1) is 5.82 Å². The molecule has 1 aromatic carbocycles. The highest BCUT2D eigenvalue weighted by Crippen LogP contribution is 2.19. The molecule has 2 heteroatoms. The van der Waals surface area contributed by atoms with Crippen molar-refractivity contribution in [3.05, 3.63) is 30.1 Å². The summed E-state index contributed by atoms with van der Waals surface area (Å²) in [5.74, 6) is -0.130. The van der Waals surface area contributed by atoms with E-state index in [4.69, 9.17) is 0 Å². The van der Waals surface area contributed by atoms with Crippen molar-refractivity contribution in [2.45, 2.75) is 168 Å². The van der Waals surface area contributed by atoms with Gasteiger partial charge in [0.1, 0.15) is 5.82 Å². The number of benzene rings is 1. The minimum Gasteiger partial charge on any atom is -0.372 e. The van der Waals surface area contributed by atoms with Gasteiger partial charge in [-0.25, -0.2) is 4.39 Å². The Balaban J connectivity index is 2.10. The van der Waals surface area contributed by atoms with Gasteiger partial charge in [0.2, 0.25) is 0 Å². The molecule has 0 unspecified atom stereocenters. The Kier molecular flexibility index (Phi) is 23.4. The van der Waals surface area contributed by atoms with E-state index in [2.05, 4.69) is 18.7 Å². The second-order valence-electron chi connectivity index (χ2n) is 11.2. The maximum atomic E-state index is 13.4. The standard InChI is InChI=1S/C34H62FN/c1-3-5-7-9-11-13-15-17-19-21-23-25-31-36(34-29-27-33(35)28-30-34)32-26-24-22-20-18-16-14-12-10-8-6-4-2/h27-30H,3-26,31-32H2,1-2H3. The van der Waals surface area contributed by atoms with Gasteiger partial charge in [-0.2, -0.15) is 0 Å². The van der Waals surface area contributed by atoms with Crippen LogP contribution in [-0.4, -0.2) is 13.1 Å². The molecule has 0 fully saturated rings. The van der Waals surface area contributed by atoms with Gasteiger partial charge in [0.15, 0.2) is 0 Å². The summed E-state index contributed by atoms with van der Waals surface area (Å²) in [7, 11) is 0. The molecule has 0 amide bonds. The SMILES string of the molecule is CCCCCCCCCCCCCCN(CCCCCCCCCCCCCC)c1ccc(F)cc1. The Labute approximate surface area is 226 Å². The van der Waals surface area contributed by atoms with E-state index in [9.17, 15) is 4.39 Å². The van der Waals surface area contributed by atoms with Gasteiger partial charge in [-0.3, -0.25) is 0 Å². The van der Waals surface area contributed by atoms with Crippen molar-refractivity contribution in [3.63, 3.8) is 0 Å². The van der Waals surface area contributed by atoms with E-state index >= 15 is 0 Å². The lowest BCUT2D eigenvalue weighted by atomic mass is 10.0. The minimum atomic E-state index is -0.130. The summed E-state index contributed by atoms with van der Waals surface area (Å²) in [6.07, 6.45) is 33.3. The van der Waals surface area contributed by atoms with Crippen molar-refractivity contribution in [1.82, 2.24) is 0 Å². The van der Waals surface area contributed by atoms with E-state index in [1.54, 1.807) is 12.1 Å². The summed E-state index contributed by atoms with van der Waals surface area (Å²) in [5.41, 5.74) is 1.20. The highest BCUT2D eigenvalue weighted by molar-refractivity contribution is 5.46. The molecule has 0 heterocycles. The molecule has 0 aromatic heterocycles. The summed E-state index contributed by atoms with van der Waals surface area (Å²) in [6, 6.07) is 7.17. The maximum Gasteiger partial charge on any atom is 0.123 e. The third kappa shape index (κ3) is 20.1. The Bertz CT molecular complexity index is 527. The number of hydrogen-bond acceptors (Lipinski definition) is 1. The van der Waals surface area contributed by atoms with Gasteiger partial charge >= 0.3 is 0 Å². The second kappa shape index (κ2) is 25.6. The molecule has 0 aliphatic heterocycles. The number of anilines is 1. The van der Waals surface area contributed by atoms with E-state index in [-0.39, 0.29) is 5.82 Å². The predicted octanol–water partition coefficient (Wildman–Crippen LogP) is 12.0. The average Bonchev–Trinajstić information content (AvgIpc) is 2.89. The minimum absolute atomic E-state index is 0.130. The highest BCUT2D eigenvalue weighted by Gasteiger charge is 2.07.